The number of likely N-dealkylation sites (N-methyl/N-ethyl adjacent to an activating group) is 1. The molecule has 5 aliphatic rings. The number of nitrogens with one attached hydrogen (secondary N) is 1. The molecule has 29 heavy (non-hydrogen) atoms. The van der Waals surface area contributed by atoms with E-state index in [-0.39, 0.29) is 36.9 Å². The van der Waals surface area contributed by atoms with Crippen molar-refractivity contribution >= 4 is 11.7 Å². The van der Waals surface area contributed by atoms with Crippen molar-refractivity contribution in [2.75, 3.05) is 39.2 Å². The maximum Gasteiger partial charge on any atom is 0.316 e. The van der Waals surface area contributed by atoms with E-state index in [1.807, 2.05) is 19.1 Å². The Bertz CT molecular complexity index is 907. The quantitative estimate of drug-likeness (QED) is 0.304. The molecule has 6 atom stereocenters. The maximum absolute atomic E-state index is 13.6. The number of benzene rings is 1. The molecule has 1 saturated carbocycles. The van der Waals surface area contributed by atoms with E-state index in [1.165, 1.54) is 12.7 Å². The van der Waals surface area contributed by atoms with Crippen LogP contribution in [-0.2, 0) is 14.9 Å². The minimum atomic E-state index is -1.05. The molecule has 4 fully saturated rings. The summed E-state index contributed by atoms with van der Waals surface area (Å²) in [6.07, 6.45) is 3.59. The number of aliphatic hydroxyl groups excluding tert-OH is 1. The van der Waals surface area contributed by atoms with E-state index < -0.39 is 16.5 Å². The molecule has 0 radical (unpaired) electrons. The van der Waals surface area contributed by atoms with Gasteiger partial charge in [0.1, 0.15) is 12.0 Å². The molecule has 1 aliphatic carbocycles. The van der Waals surface area contributed by atoms with E-state index >= 15 is 0 Å². The van der Waals surface area contributed by atoms with Crippen molar-refractivity contribution in [3.8, 4) is 0 Å². The Kier molecular flexibility index (Phi) is 4.42. The number of esters is 1. The van der Waals surface area contributed by atoms with Crippen LogP contribution in [0.4, 0.5) is 5.69 Å². The topological polar surface area (TPSA) is 84.6 Å². The second kappa shape index (κ2) is 6.20. The van der Waals surface area contributed by atoms with E-state index in [1.54, 1.807) is 0 Å². The zero-order chi connectivity index (χ0) is 19.9. The van der Waals surface area contributed by atoms with Crippen molar-refractivity contribution < 1.29 is 31.5 Å². The number of aliphatic hydroxyl groups is 1. The van der Waals surface area contributed by atoms with Gasteiger partial charge >= 0.3 is 5.97 Å². The zero-order valence-corrected chi connectivity index (χ0v) is 18.0. The van der Waals surface area contributed by atoms with Gasteiger partial charge in [0.05, 0.1) is 38.8 Å². The Morgan fingerprint density at radius 1 is 1.45 bits per heavy atom. The van der Waals surface area contributed by atoms with Gasteiger partial charge in [-0.15, -0.1) is 0 Å². The molecule has 3 saturated heterocycles. The monoisotopic (exact) mass is 419 g/mol. The first kappa shape index (κ1) is 20.7. The fraction of sp³-hybridized carbons (Fsp3) is 0.591. The minimum absolute atomic E-state index is 0. The summed E-state index contributed by atoms with van der Waals surface area (Å²) in [6.45, 7) is 3.52. The summed E-state index contributed by atoms with van der Waals surface area (Å²) in [7, 11) is 3.70. The highest BCUT2D eigenvalue weighted by Gasteiger charge is 2.87. The number of hydrogen-bond donors (Lipinski definition) is 3. The van der Waals surface area contributed by atoms with Gasteiger partial charge in [-0.2, -0.15) is 0 Å². The Hall–Kier alpha value is -1.60. The van der Waals surface area contributed by atoms with Crippen LogP contribution in [0, 0.1) is 11.3 Å². The summed E-state index contributed by atoms with van der Waals surface area (Å²) in [4.78, 5) is 13.6. The van der Waals surface area contributed by atoms with Crippen molar-refractivity contribution in [2.24, 2.45) is 17.1 Å². The van der Waals surface area contributed by atoms with Crippen LogP contribution in [0.1, 0.15) is 25.3 Å². The number of ether oxygens (including phenoxy) is 1. The highest BCUT2D eigenvalue weighted by molar-refractivity contribution is 5.85. The molecule has 7 heteroatoms. The molecule has 1 unspecified atom stereocenters. The molecule has 4 aliphatic heterocycles. The molecule has 4 heterocycles. The standard InChI is InChI=1S/C22H30N3O3.ClH/c1-4-14-12-25(2)10-9-21-15-7-5-6-8-17(15)24-22(21,25)18(23)11-16(14)20(21,13-26)19(27)28-3;/h4-8,16,18,24,26H,9-13,23H2,1-3H3;1H/q+1;/p-1/b14-4-;/t16-,18-,20-,21-,22-,25?;/m0./s1. The van der Waals surface area contributed by atoms with Gasteiger partial charge in [-0.3, -0.25) is 9.28 Å². The molecule has 4 N–H and O–H groups in total. The van der Waals surface area contributed by atoms with Gasteiger partial charge in [0, 0.05) is 18.0 Å². The molecule has 6 nitrogen and oxygen atoms in total. The summed E-state index contributed by atoms with van der Waals surface area (Å²) >= 11 is 0. The summed E-state index contributed by atoms with van der Waals surface area (Å²) < 4.78 is 6.15. The van der Waals surface area contributed by atoms with Crippen molar-refractivity contribution in [1.82, 2.24) is 0 Å². The summed E-state index contributed by atoms with van der Waals surface area (Å²) in [6, 6.07) is 8.09. The maximum atomic E-state index is 13.6. The van der Waals surface area contributed by atoms with Gasteiger partial charge < -0.3 is 33.3 Å². The Labute approximate surface area is 178 Å². The van der Waals surface area contributed by atoms with E-state index in [0.29, 0.717) is 6.42 Å². The number of fused-ring (bicyclic) bond motifs is 3. The largest absolute Gasteiger partial charge is 1.00 e. The molecule has 1 aromatic carbocycles. The third-order valence-electron chi connectivity index (χ3n) is 8.73. The average Bonchev–Trinajstić information content (AvgIpc) is 3.12. The van der Waals surface area contributed by atoms with Gasteiger partial charge in [-0.05, 0) is 30.5 Å². The zero-order valence-electron chi connectivity index (χ0n) is 17.2. The SMILES string of the molecule is C/C=C1/C[N+]2(C)CC[C@@]34c5ccccc5N[C@]32[C@@H](N)C[C@@H]1[C@@]4(CO)C(=O)OC.[Cl-]. The number of nitrogens with zero attached hydrogens (tertiary/aromatic N) is 1. The Balaban J connectivity index is 0.00000205. The Morgan fingerprint density at radius 2 is 2.17 bits per heavy atom. The number of carbonyl (C=O) groups is 1. The van der Waals surface area contributed by atoms with Crippen LogP contribution < -0.4 is 23.5 Å². The number of rotatable bonds is 2. The number of halogens is 1. The first-order valence-electron chi connectivity index (χ1n) is 10.2. The van der Waals surface area contributed by atoms with Crippen LogP contribution in [-0.4, -0.2) is 61.1 Å². The van der Waals surface area contributed by atoms with Gasteiger partial charge in [0.15, 0.2) is 5.66 Å². The lowest BCUT2D eigenvalue weighted by atomic mass is 9.45. The lowest BCUT2D eigenvalue weighted by molar-refractivity contribution is -0.941. The molecular formula is C22H30ClN3O3. The van der Waals surface area contributed by atoms with Gasteiger partial charge in [0.25, 0.3) is 0 Å². The van der Waals surface area contributed by atoms with Crippen LogP contribution >= 0.6 is 0 Å². The molecule has 1 aromatic rings. The lowest BCUT2D eigenvalue weighted by Crippen LogP contribution is -3.00. The van der Waals surface area contributed by atoms with Crippen LogP contribution in [0.15, 0.2) is 35.9 Å². The molecule has 0 aromatic heterocycles. The first-order valence-corrected chi connectivity index (χ1v) is 10.2. The van der Waals surface area contributed by atoms with E-state index in [2.05, 4.69) is 30.6 Å². The van der Waals surface area contributed by atoms with Crippen LogP contribution in [0.5, 0.6) is 0 Å². The number of para-hydroxylation sites is 1. The lowest BCUT2D eigenvalue weighted by Gasteiger charge is -2.59. The highest BCUT2D eigenvalue weighted by atomic mass is 35.5. The third kappa shape index (κ3) is 1.84. The number of carbonyl (C=O) groups excluding carboxylic acids is 1. The molecule has 6 rings (SSSR count). The predicted molar refractivity (Wildman–Crippen MR) is 106 cm³/mol. The fourth-order valence-corrected chi connectivity index (χ4v) is 7.82. The molecule has 0 amide bonds. The predicted octanol–water partition coefficient (Wildman–Crippen LogP) is -1.64. The van der Waals surface area contributed by atoms with Gasteiger partial charge in [-0.25, -0.2) is 0 Å². The van der Waals surface area contributed by atoms with E-state index in [9.17, 15) is 9.90 Å². The molecule has 4 bridgehead atoms. The van der Waals surface area contributed by atoms with E-state index in [4.69, 9.17) is 10.5 Å². The summed E-state index contributed by atoms with van der Waals surface area (Å²) in [5, 5.41) is 14.8. The third-order valence-corrected chi connectivity index (χ3v) is 8.73. The van der Waals surface area contributed by atoms with Crippen molar-refractivity contribution in [3.63, 3.8) is 0 Å². The number of anilines is 1. The number of quaternary nitrogens is 1. The highest BCUT2D eigenvalue weighted by Crippen LogP contribution is 2.73. The summed E-state index contributed by atoms with van der Waals surface area (Å²) in [5.74, 6) is -0.448. The van der Waals surface area contributed by atoms with Crippen molar-refractivity contribution in [3.05, 3.63) is 41.5 Å². The van der Waals surface area contributed by atoms with Crippen molar-refractivity contribution in [2.45, 2.75) is 36.9 Å². The minimum Gasteiger partial charge on any atom is -1.00 e. The second-order valence-electron chi connectivity index (χ2n) is 9.25. The van der Waals surface area contributed by atoms with Crippen molar-refractivity contribution in [1.29, 1.82) is 0 Å². The molecular weight excluding hydrogens is 390 g/mol. The second-order valence-corrected chi connectivity index (χ2v) is 9.25. The molecule has 1 spiro atoms. The fourth-order valence-electron chi connectivity index (χ4n) is 7.82. The Morgan fingerprint density at radius 3 is 2.83 bits per heavy atom. The van der Waals surface area contributed by atoms with Gasteiger partial charge in [0.2, 0.25) is 0 Å². The number of nitrogens with two attached hydrogens (primary N) is 1. The van der Waals surface area contributed by atoms with Crippen LogP contribution in [0.25, 0.3) is 0 Å². The van der Waals surface area contributed by atoms with Gasteiger partial charge in [-0.1, -0.05) is 24.3 Å². The number of methoxy groups -OCH3 is 1. The molecule has 158 valence electrons. The summed E-state index contributed by atoms with van der Waals surface area (Å²) in [5.41, 5.74) is 8.11. The van der Waals surface area contributed by atoms with Crippen LogP contribution in [0.3, 0.4) is 0 Å². The first-order chi connectivity index (χ1) is 13.4. The van der Waals surface area contributed by atoms with E-state index in [0.717, 1.165) is 35.2 Å². The average molecular weight is 420 g/mol. The van der Waals surface area contributed by atoms with Crippen LogP contribution in [0.2, 0.25) is 0 Å². The number of hydrogen-bond acceptors (Lipinski definition) is 5. The smallest absolute Gasteiger partial charge is 0.316 e. The number of allylic oxidation sites excluding steroid dienone is 1. The normalized spacial score (nSPS) is 45.1.